The van der Waals surface area contributed by atoms with Crippen molar-refractivity contribution in [1.29, 1.82) is 0 Å². The molecule has 1 saturated carbocycles. The van der Waals surface area contributed by atoms with E-state index in [-0.39, 0.29) is 22.9 Å². The Labute approximate surface area is 222 Å². The number of hydrogen-bond acceptors (Lipinski definition) is 5. The number of fused-ring (bicyclic) bond motifs is 1. The van der Waals surface area contributed by atoms with Crippen molar-refractivity contribution in [3.8, 4) is 5.75 Å². The highest BCUT2D eigenvalue weighted by Gasteiger charge is 2.45. The van der Waals surface area contributed by atoms with Crippen LogP contribution in [0.5, 0.6) is 5.75 Å². The number of nitrogens with zero attached hydrogens (tertiary/aromatic N) is 2. The zero-order valence-corrected chi connectivity index (χ0v) is 22.5. The largest absolute Gasteiger partial charge is 0.479 e. The minimum Gasteiger partial charge on any atom is -0.479 e. The van der Waals surface area contributed by atoms with Crippen LogP contribution in [0.4, 0.5) is 0 Å². The summed E-state index contributed by atoms with van der Waals surface area (Å²) in [5.74, 6) is 1.76. The molecule has 8 heteroatoms. The van der Waals surface area contributed by atoms with Gasteiger partial charge in [0.1, 0.15) is 11.5 Å². The summed E-state index contributed by atoms with van der Waals surface area (Å²) < 4.78 is 32.6. The lowest BCUT2D eigenvalue weighted by Gasteiger charge is -2.41. The number of carbonyl (C=O) groups excluding carboxylic acids is 1. The molecule has 37 heavy (non-hydrogen) atoms. The van der Waals surface area contributed by atoms with Crippen LogP contribution in [0.3, 0.4) is 0 Å². The average molecular weight is 537 g/mol. The molecule has 0 spiro atoms. The zero-order valence-electron chi connectivity index (χ0n) is 20.9. The minimum atomic E-state index is -3.24. The Morgan fingerprint density at radius 2 is 1.62 bits per heavy atom. The maximum Gasteiger partial charge on any atom is 0.178 e. The molecule has 0 unspecified atom stereocenters. The molecule has 5 rings (SSSR count). The van der Waals surface area contributed by atoms with Gasteiger partial charge in [-0.3, -0.25) is 4.79 Å². The summed E-state index contributed by atoms with van der Waals surface area (Å²) in [6.45, 7) is 1.62. The Bertz CT molecular complexity index is 1550. The quantitative estimate of drug-likeness (QED) is 0.269. The molecule has 3 aromatic carbocycles. The Balaban J connectivity index is 1.25. The van der Waals surface area contributed by atoms with Gasteiger partial charge in [0.05, 0.1) is 21.7 Å². The summed E-state index contributed by atoms with van der Waals surface area (Å²) in [6, 6.07) is 20.0. The van der Waals surface area contributed by atoms with Crippen molar-refractivity contribution in [3.63, 3.8) is 0 Å². The van der Waals surface area contributed by atoms with Gasteiger partial charge in [0.2, 0.25) is 0 Å². The monoisotopic (exact) mass is 536 g/mol. The lowest BCUT2D eigenvalue weighted by atomic mass is 9.79. The minimum absolute atomic E-state index is 0.0550. The second-order valence-corrected chi connectivity index (χ2v) is 12.4. The molecule has 0 radical (unpaired) electrons. The standard InChI is InChI=1S/C29H29ClN2O4S/c1-3-37(34,35)25-12-7-21(8-13-25)18-23(33)17-20-5-10-24(11-6-20)36-29(15-4-16-29)28-31-26-19-22(30)9-14-27(26)32(28)2/h5-14,19H,3-4,15-18H2,1-2H3. The van der Waals surface area contributed by atoms with Crippen LogP contribution in [0.15, 0.2) is 71.6 Å². The fraction of sp³-hybridized carbons (Fsp3) is 0.310. The Kier molecular flexibility index (Phi) is 6.86. The third kappa shape index (κ3) is 5.15. The van der Waals surface area contributed by atoms with E-state index >= 15 is 0 Å². The van der Waals surface area contributed by atoms with Gasteiger partial charge in [-0.1, -0.05) is 42.8 Å². The average Bonchev–Trinajstić information content (AvgIpc) is 3.18. The predicted molar refractivity (Wildman–Crippen MR) is 145 cm³/mol. The number of rotatable bonds is 9. The molecule has 0 bridgehead atoms. The number of ketones is 1. The first-order chi connectivity index (χ1) is 17.7. The van der Waals surface area contributed by atoms with Crippen LogP contribution in [0, 0.1) is 0 Å². The molecule has 6 nitrogen and oxygen atoms in total. The van der Waals surface area contributed by atoms with Crippen LogP contribution >= 0.6 is 11.6 Å². The fourth-order valence-corrected chi connectivity index (χ4v) is 5.90. The first-order valence-corrected chi connectivity index (χ1v) is 14.5. The van der Waals surface area contributed by atoms with Gasteiger partial charge in [-0.25, -0.2) is 13.4 Å². The number of aromatic nitrogens is 2. The van der Waals surface area contributed by atoms with Gasteiger partial charge in [-0.15, -0.1) is 0 Å². The Hall–Kier alpha value is -3.16. The number of aryl methyl sites for hydroxylation is 1. The van der Waals surface area contributed by atoms with Gasteiger partial charge in [0.15, 0.2) is 21.3 Å². The molecule has 0 atom stereocenters. The van der Waals surface area contributed by atoms with Crippen molar-refractivity contribution in [2.24, 2.45) is 7.05 Å². The summed E-state index contributed by atoms with van der Waals surface area (Å²) >= 11 is 6.17. The van der Waals surface area contributed by atoms with E-state index in [1.807, 2.05) is 49.5 Å². The maximum atomic E-state index is 12.7. The van der Waals surface area contributed by atoms with E-state index in [1.165, 1.54) is 0 Å². The molecular weight excluding hydrogens is 508 g/mol. The van der Waals surface area contributed by atoms with E-state index in [0.717, 1.165) is 53.0 Å². The van der Waals surface area contributed by atoms with Crippen LogP contribution in [-0.2, 0) is 40.1 Å². The number of ether oxygens (including phenoxy) is 1. The summed E-state index contributed by atoms with van der Waals surface area (Å²) in [5, 5.41) is 0.660. The predicted octanol–water partition coefficient (Wildman–Crippen LogP) is 5.83. The maximum absolute atomic E-state index is 12.7. The molecule has 1 aliphatic carbocycles. The number of imidazole rings is 1. The Morgan fingerprint density at radius 1 is 1.00 bits per heavy atom. The van der Waals surface area contributed by atoms with Crippen molar-refractivity contribution < 1.29 is 17.9 Å². The van der Waals surface area contributed by atoms with Gasteiger partial charge in [0, 0.05) is 24.9 Å². The lowest BCUT2D eigenvalue weighted by molar-refractivity contribution is -0.117. The molecule has 1 aromatic heterocycles. The lowest BCUT2D eigenvalue weighted by Crippen LogP contribution is -2.42. The smallest absolute Gasteiger partial charge is 0.178 e. The van der Waals surface area contributed by atoms with Crippen molar-refractivity contribution in [1.82, 2.24) is 9.55 Å². The SMILES string of the molecule is CCS(=O)(=O)c1ccc(CC(=O)Cc2ccc(OC3(c4nc5cc(Cl)ccc5n4C)CCC3)cc2)cc1. The molecule has 1 heterocycles. The first-order valence-electron chi connectivity index (χ1n) is 12.4. The fourth-order valence-electron chi connectivity index (χ4n) is 4.85. The van der Waals surface area contributed by atoms with Crippen molar-refractivity contribution >= 4 is 38.3 Å². The second-order valence-electron chi connectivity index (χ2n) is 9.66. The third-order valence-corrected chi connectivity index (χ3v) is 9.10. The van der Waals surface area contributed by atoms with E-state index in [1.54, 1.807) is 31.2 Å². The van der Waals surface area contributed by atoms with Gasteiger partial charge in [-0.2, -0.15) is 0 Å². The number of sulfone groups is 1. The summed E-state index contributed by atoms with van der Waals surface area (Å²) in [7, 11) is -1.24. The molecule has 0 N–H and O–H groups in total. The highest BCUT2D eigenvalue weighted by atomic mass is 35.5. The topological polar surface area (TPSA) is 78.3 Å². The first kappa shape index (κ1) is 25.5. The molecule has 192 valence electrons. The molecule has 0 aliphatic heterocycles. The highest BCUT2D eigenvalue weighted by Crippen LogP contribution is 2.45. The number of carbonyl (C=O) groups is 1. The van der Waals surface area contributed by atoms with Crippen LogP contribution in [0.25, 0.3) is 11.0 Å². The van der Waals surface area contributed by atoms with Crippen LogP contribution in [0.1, 0.15) is 43.1 Å². The van der Waals surface area contributed by atoms with Gasteiger partial charge in [-0.05, 0) is 72.9 Å². The number of benzene rings is 3. The molecule has 1 fully saturated rings. The van der Waals surface area contributed by atoms with E-state index in [0.29, 0.717) is 11.4 Å². The normalized spacial score (nSPS) is 14.9. The van der Waals surface area contributed by atoms with Crippen molar-refractivity contribution in [3.05, 3.63) is 88.7 Å². The van der Waals surface area contributed by atoms with Gasteiger partial charge >= 0.3 is 0 Å². The van der Waals surface area contributed by atoms with Crippen molar-refractivity contribution in [2.75, 3.05) is 5.75 Å². The van der Waals surface area contributed by atoms with E-state index < -0.39 is 15.4 Å². The molecule has 0 saturated heterocycles. The summed E-state index contributed by atoms with van der Waals surface area (Å²) in [5.41, 5.74) is 3.10. The van der Waals surface area contributed by atoms with Crippen LogP contribution in [-0.4, -0.2) is 29.5 Å². The van der Waals surface area contributed by atoms with E-state index in [4.69, 9.17) is 21.3 Å². The number of Topliss-reactive ketones (excluding diaryl/α,β-unsaturated/α-hetero) is 1. The van der Waals surface area contributed by atoms with E-state index in [2.05, 4.69) is 4.57 Å². The third-order valence-electron chi connectivity index (χ3n) is 7.11. The summed E-state index contributed by atoms with van der Waals surface area (Å²) in [6.07, 6.45) is 3.39. The van der Waals surface area contributed by atoms with Crippen LogP contribution in [0.2, 0.25) is 5.02 Å². The second kappa shape index (κ2) is 9.95. The Morgan fingerprint density at radius 3 is 2.19 bits per heavy atom. The van der Waals surface area contributed by atoms with Gasteiger partial charge < -0.3 is 9.30 Å². The number of hydrogen-bond donors (Lipinski definition) is 0. The molecule has 1 aliphatic rings. The zero-order chi connectivity index (χ0) is 26.2. The molecular formula is C29H29ClN2O4S. The van der Waals surface area contributed by atoms with Crippen LogP contribution < -0.4 is 4.74 Å². The van der Waals surface area contributed by atoms with Crippen molar-refractivity contribution in [2.45, 2.75) is 49.5 Å². The molecule has 0 amide bonds. The van der Waals surface area contributed by atoms with E-state index in [9.17, 15) is 13.2 Å². The summed E-state index contributed by atoms with van der Waals surface area (Å²) in [4.78, 5) is 17.8. The number of halogens is 1. The highest BCUT2D eigenvalue weighted by molar-refractivity contribution is 7.91. The van der Waals surface area contributed by atoms with Gasteiger partial charge in [0.25, 0.3) is 0 Å². The molecule has 4 aromatic rings.